The molecule has 0 aliphatic rings. The molecular formula is C50H46Cl4Cu2MnN4O10. The smallest absolute Gasteiger partial charge is 0.872 e. The van der Waals surface area contributed by atoms with E-state index >= 15 is 0 Å². The van der Waals surface area contributed by atoms with Crippen molar-refractivity contribution < 1.29 is 102 Å². The van der Waals surface area contributed by atoms with E-state index in [1.54, 1.807) is 85.5 Å². The molecule has 0 aromatic heterocycles. The minimum Gasteiger partial charge on any atom is -0.872 e. The summed E-state index contributed by atoms with van der Waals surface area (Å²) in [7, 11) is 0. The van der Waals surface area contributed by atoms with Crippen LogP contribution in [-0.2, 0) is 51.2 Å². The van der Waals surface area contributed by atoms with E-state index in [1.807, 2.05) is 24.3 Å². The number of rotatable bonds is 14. The first kappa shape index (κ1) is 69.7. The van der Waals surface area contributed by atoms with Crippen LogP contribution in [0, 0.1) is 0 Å². The summed E-state index contributed by atoms with van der Waals surface area (Å²) in [6.07, 6.45) is 7.93. The molecule has 0 aliphatic heterocycles. The Morgan fingerprint density at radius 3 is 0.789 bits per heavy atom. The van der Waals surface area contributed by atoms with Crippen LogP contribution in [0.2, 0.25) is 0 Å². The Morgan fingerprint density at radius 2 is 0.606 bits per heavy atom. The number of hydrogen-bond donors (Lipinski definition) is 2. The molecule has 0 unspecified atom stereocenters. The Balaban J connectivity index is -0.000000861. The molecule has 0 saturated carbocycles. The normalized spacial score (nSPS) is 9.86. The summed E-state index contributed by atoms with van der Waals surface area (Å²) in [5.74, 6) is -3.34. The van der Waals surface area contributed by atoms with Gasteiger partial charge in [-0.2, -0.15) is 0 Å². The number of carboxylic acid groups (broad SMARTS) is 2. The van der Waals surface area contributed by atoms with Crippen molar-refractivity contribution in [3.63, 3.8) is 0 Å². The molecule has 0 amide bonds. The SMILES string of the molecule is ClCCl.ClCCl.O=C([O-])c1ccccc1O.O=C([O-])c1ccccc1O.[Cu+2].[Cu+2].[Mn+2].[O-]c1ccccc1C=NCCCN=Cc1ccccc1[O-].[O-]c1ccccc1C=NCCCN=Cc1ccccc1[O-]. The number of aliphatic imine (C=N–C) groups is 4. The van der Waals surface area contributed by atoms with E-state index in [-0.39, 0.29) is 108 Å². The number of para-hydroxylation sites is 6. The van der Waals surface area contributed by atoms with Gasteiger partial charge in [-0.15, -0.1) is 69.4 Å². The molecule has 14 nitrogen and oxygen atoms in total. The largest absolute Gasteiger partial charge is 2.00 e. The molecule has 6 aromatic rings. The van der Waals surface area contributed by atoms with Crippen molar-refractivity contribution in [1.29, 1.82) is 0 Å². The van der Waals surface area contributed by atoms with E-state index in [0.717, 1.165) is 12.8 Å². The predicted molar refractivity (Wildman–Crippen MR) is 261 cm³/mol. The summed E-state index contributed by atoms with van der Waals surface area (Å²) in [5, 5.41) is 84.1. The summed E-state index contributed by atoms with van der Waals surface area (Å²) in [6.45, 7) is 2.41. The molecule has 0 bridgehead atoms. The third kappa shape index (κ3) is 32.1. The Labute approximate surface area is 464 Å². The van der Waals surface area contributed by atoms with Crippen molar-refractivity contribution in [2.45, 2.75) is 12.8 Å². The quantitative estimate of drug-likeness (QED) is 0.0567. The zero-order valence-electron chi connectivity index (χ0n) is 37.3. The van der Waals surface area contributed by atoms with Gasteiger partial charge in [0, 0.05) is 62.2 Å². The van der Waals surface area contributed by atoms with Gasteiger partial charge < -0.3 is 50.4 Å². The molecule has 0 saturated heterocycles. The molecule has 6 rings (SSSR count). The van der Waals surface area contributed by atoms with Gasteiger partial charge in [0.1, 0.15) is 11.5 Å². The number of carbonyl (C=O) groups is 2. The Morgan fingerprint density at radius 1 is 0.408 bits per heavy atom. The van der Waals surface area contributed by atoms with Crippen molar-refractivity contribution in [2.75, 3.05) is 36.9 Å². The predicted octanol–water partition coefficient (Wildman–Crippen LogP) is 5.87. The standard InChI is InChI=1S/2C17H18N2O2.2C7H6O3.2CH2Cl2.2Cu.Mn/c2*20-16-8-3-1-6-14(16)12-18-10-5-11-19-13-15-7-2-4-9-17(15)21;2*8-6-4-2-1-3-5(6)7(9)10;2*2-1-3;;;/h2*1-4,6-9,12-13,20-21H,5,10-11H2;2*1-4,8H,(H,9,10);2*1H2;;;/q;;;;;;3*+2/p-6. The Hall–Kier alpha value is -5.54. The van der Waals surface area contributed by atoms with E-state index < -0.39 is 11.9 Å². The molecule has 0 spiro atoms. The van der Waals surface area contributed by atoms with Gasteiger partial charge >= 0.3 is 51.2 Å². The maximum absolute atomic E-state index is 11.4. The molecule has 3 radical (unpaired) electrons. The molecule has 0 heterocycles. The van der Waals surface area contributed by atoms with Gasteiger partial charge in [-0.05, 0) is 59.4 Å². The van der Waals surface area contributed by atoms with Crippen LogP contribution in [0.15, 0.2) is 166 Å². The fourth-order valence-corrected chi connectivity index (χ4v) is 4.80. The number of benzene rings is 6. The second-order valence-corrected chi connectivity index (χ2v) is 14.4. The third-order valence-corrected chi connectivity index (χ3v) is 7.99. The van der Waals surface area contributed by atoms with E-state index in [2.05, 4.69) is 20.0 Å². The molecule has 71 heavy (non-hydrogen) atoms. The Bertz CT molecular complexity index is 2230. The van der Waals surface area contributed by atoms with E-state index in [9.17, 15) is 40.2 Å². The summed E-state index contributed by atoms with van der Waals surface area (Å²) in [6, 6.07) is 38.4. The number of carbonyl (C=O) groups excluding carboxylic acids is 2. The average molecular weight is 1190 g/mol. The number of halogens is 4. The van der Waals surface area contributed by atoms with E-state index in [1.165, 1.54) is 60.7 Å². The van der Waals surface area contributed by atoms with Crippen molar-refractivity contribution in [1.82, 2.24) is 0 Å². The monoisotopic (exact) mass is 1180 g/mol. The zero-order chi connectivity index (χ0) is 50.4. The maximum atomic E-state index is 11.4. The number of alkyl halides is 4. The Kier molecular flexibility index (Phi) is 43.6. The number of carboxylic acids is 2. The minimum absolute atomic E-state index is 0. The molecular weight excluding hydrogens is 1140 g/mol. The van der Waals surface area contributed by atoms with Crippen LogP contribution in [0.4, 0.5) is 0 Å². The summed E-state index contributed by atoms with van der Waals surface area (Å²) in [5.41, 5.74) is 2.04. The van der Waals surface area contributed by atoms with Crippen LogP contribution in [0.25, 0.3) is 0 Å². The van der Waals surface area contributed by atoms with E-state index in [0.29, 0.717) is 48.4 Å². The number of hydrogen-bond acceptors (Lipinski definition) is 14. The van der Waals surface area contributed by atoms with Crippen LogP contribution in [-0.4, -0.2) is 83.9 Å². The van der Waals surface area contributed by atoms with Crippen LogP contribution in [0.3, 0.4) is 0 Å². The number of aromatic hydroxyl groups is 2. The van der Waals surface area contributed by atoms with Crippen LogP contribution < -0.4 is 30.6 Å². The topological polar surface area (TPSA) is 262 Å². The van der Waals surface area contributed by atoms with Crippen molar-refractivity contribution in [3.8, 4) is 34.5 Å². The summed E-state index contributed by atoms with van der Waals surface area (Å²) in [4.78, 5) is 37.1. The molecule has 0 aliphatic carbocycles. The fourth-order valence-electron chi connectivity index (χ4n) is 4.80. The van der Waals surface area contributed by atoms with E-state index in [4.69, 9.17) is 56.6 Å². The summed E-state index contributed by atoms with van der Waals surface area (Å²) >= 11 is 19.1. The fraction of sp³-hybridized carbons (Fsp3) is 0.160. The van der Waals surface area contributed by atoms with Gasteiger partial charge in [0.15, 0.2) is 0 Å². The van der Waals surface area contributed by atoms with Crippen molar-refractivity contribution in [2.24, 2.45) is 20.0 Å². The molecule has 21 heteroatoms. The van der Waals surface area contributed by atoms with Crippen LogP contribution in [0.5, 0.6) is 34.5 Å². The number of aromatic carboxylic acids is 2. The van der Waals surface area contributed by atoms with Gasteiger partial charge in [0.05, 0.1) is 22.6 Å². The van der Waals surface area contributed by atoms with Gasteiger partial charge in [-0.3, -0.25) is 20.0 Å². The van der Waals surface area contributed by atoms with Gasteiger partial charge in [0.25, 0.3) is 0 Å². The van der Waals surface area contributed by atoms with Crippen LogP contribution >= 0.6 is 46.4 Å². The molecule has 383 valence electrons. The van der Waals surface area contributed by atoms with Crippen molar-refractivity contribution >= 4 is 83.2 Å². The maximum Gasteiger partial charge on any atom is 2.00 e. The van der Waals surface area contributed by atoms with Crippen LogP contribution in [0.1, 0.15) is 55.8 Å². The summed E-state index contributed by atoms with van der Waals surface area (Å²) < 4.78 is 0. The average Bonchev–Trinajstić information content (AvgIpc) is 3.32. The number of nitrogens with zero attached hydrogens (tertiary/aromatic N) is 4. The minimum atomic E-state index is -1.36. The molecule has 6 aromatic carbocycles. The zero-order valence-corrected chi connectivity index (χ0v) is 43.4. The van der Waals surface area contributed by atoms with Gasteiger partial charge in [-0.25, -0.2) is 0 Å². The van der Waals surface area contributed by atoms with Gasteiger partial charge in [0.2, 0.25) is 0 Å². The van der Waals surface area contributed by atoms with Gasteiger partial charge in [-0.1, -0.05) is 121 Å². The number of phenols is 2. The van der Waals surface area contributed by atoms with Crippen molar-refractivity contribution in [3.05, 3.63) is 179 Å². The molecule has 2 N–H and O–H groups in total. The second kappa shape index (κ2) is 44.4. The first-order valence-electron chi connectivity index (χ1n) is 20.1. The first-order chi connectivity index (χ1) is 32.8. The third-order valence-electron chi connectivity index (χ3n) is 7.99. The first-order valence-corrected chi connectivity index (χ1v) is 22.2. The molecule has 0 atom stereocenters. The second-order valence-electron chi connectivity index (χ2n) is 12.8. The molecule has 0 fully saturated rings.